The lowest BCUT2D eigenvalue weighted by Crippen LogP contribution is -2.48. The first-order chi connectivity index (χ1) is 11.4. The maximum Gasteiger partial charge on any atom is 0.118 e. The van der Waals surface area contributed by atoms with Crippen molar-refractivity contribution in [3.8, 4) is 0 Å². The second-order valence-electron chi connectivity index (χ2n) is 8.20. The van der Waals surface area contributed by atoms with Gasteiger partial charge in [0.15, 0.2) is 0 Å². The number of aliphatic hydroxyl groups excluding tert-OH is 1. The van der Waals surface area contributed by atoms with E-state index in [2.05, 4.69) is 24.8 Å². The molecule has 4 rings (SSSR count). The average molecular weight is 333 g/mol. The summed E-state index contributed by atoms with van der Waals surface area (Å²) in [5.41, 5.74) is 1.88. The third-order valence-corrected chi connectivity index (χ3v) is 5.91. The van der Waals surface area contributed by atoms with E-state index in [9.17, 15) is 5.11 Å². The zero-order chi connectivity index (χ0) is 17.3. The van der Waals surface area contributed by atoms with Crippen molar-refractivity contribution in [1.29, 1.82) is 0 Å². The van der Waals surface area contributed by atoms with Crippen molar-refractivity contribution >= 4 is 0 Å². The van der Waals surface area contributed by atoms with E-state index in [1.807, 2.05) is 26.1 Å². The van der Waals surface area contributed by atoms with E-state index in [1.165, 1.54) is 18.4 Å². The number of likely N-dealkylation sites (N-methyl/N-ethyl adjacent to an activating group) is 1. The monoisotopic (exact) mass is 333 g/mol. The van der Waals surface area contributed by atoms with Crippen LogP contribution < -0.4 is 0 Å². The van der Waals surface area contributed by atoms with Gasteiger partial charge in [-0.2, -0.15) is 0 Å². The predicted molar refractivity (Wildman–Crippen MR) is 94.7 cm³/mol. The Morgan fingerprint density at radius 1 is 1.42 bits per heavy atom. The summed E-state index contributed by atoms with van der Waals surface area (Å²) < 4.78 is 11.4. The summed E-state index contributed by atoms with van der Waals surface area (Å²) in [6, 6.07) is 3.95. The minimum Gasteiger partial charge on any atom is -0.465 e. The molecule has 3 aliphatic carbocycles. The van der Waals surface area contributed by atoms with Crippen molar-refractivity contribution in [3.05, 3.63) is 35.3 Å². The molecule has 0 spiro atoms. The Morgan fingerprint density at radius 2 is 2.21 bits per heavy atom. The highest BCUT2D eigenvalue weighted by atomic mass is 16.5. The Hall–Kier alpha value is -1.10. The zero-order valence-electron chi connectivity index (χ0n) is 15.4. The van der Waals surface area contributed by atoms with Gasteiger partial charge in [0.1, 0.15) is 11.5 Å². The summed E-state index contributed by atoms with van der Waals surface area (Å²) in [4.78, 5) is 2.06. The molecule has 1 fully saturated rings. The summed E-state index contributed by atoms with van der Waals surface area (Å²) in [6.07, 6.45) is 4.39. The van der Waals surface area contributed by atoms with Gasteiger partial charge in [0.25, 0.3) is 0 Å². The average Bonchev–Trinajstić information content (AvgIpc) is 2.92. The van der Waals surface area contributed by atoms with E-state index in [4.69, 9.17) is 9.15 Å². The molecule has 0 aromatic carbocycles. The molecule has 4 heteroatoms. The van der Waals surface area contributed by atoms with Crippen LogP contribution in [0.2, 0.25) is 0 Å². The van der Waals surface area contributed by atoms with E-state index >= 15 is 0 Å². The number of fused-ring (bicyclic) bond motifs is 1. The Kier molecular flexibility index (Phi) is 5.19. The first-order valence-electron chi connectivity index (χ1n) is 9.05. The number of allylic oxidation sites excluding steroid dienone is 1. The van der Waals surface area contributed by atoms with Gasteiger partial charge >= 0.3 is 0 Å². The highest BCUT2D eigenvalue weighted by Crippen LogP contribution is 2.59. The van der Waals surface area contributed by atoms with Gasteiger partial charge in [-0.25, -0.2) is 0 Å². The summed E-state index contributed by atoms with van der Waals surface area (Å²) in [5, 5.41) is 10.2. The third-order valence-electron chi connectivity index (χ3n) is 5.91. The fourth-order valence-electron chi connectivity index (χ4n) is 4.27. The second-order valence-corrected chi connectivity index (χ2v) is 8.20. The number of furan rings is 1. The number of hydrogen-bond donors (Lipinski definition) is 1. The van der Waals surface area contributed by atoms with Crippen LogP contribution in [-0.2, 0) is 11.3 Å². The standard InChI is InChI=1S/C20H31NO3/c1-14-5-8-18(24-14)11-21(4)10-17(22)13-23-12-15-6-7-16-9-19(15)20(16,2)3/h5-6,8,16-17,19,22H,7,9-13H2,1-4H3/t16-,17+,19+/m0/s1. The van der Waals surface area contributed by atoms with Gasteiger partial charge in [-0.1, -0.05) is 19.9 Å². The molecule has 2 bridgehead atoms. The summed E-state index contributed by atoms with van der Waals surface area (Å²) >= 11 is 0. The lowest BCUT2D eigenvalue weighted by atomic mass is 9.49. The van der Waals surface area contributed by atoms with Crippen molar-refractivity contribution in [3.63, 3.8) is 0 Å². The zero-order valence-corrected chi connectivity index (χ0v) is 15.4. The van der Waals surface area contributed by atoms with Crippen LogP contribution in [0.4, 0.5) is 0 Å². The molecule has 1 aromatic heterocycles. The van der Waals surface area contributed by atoms with Gasteiger partial charge in [0.05, 0.1) is 25.9 Å². The number of nitrogens with zero attached hydrogens (tertiary/aromatic N) is 1. The number of aliphatic hydroxyl groups is 1. The maximum absolute atomic E-state index is 10.2. The van der Waals surface area contributed by atoms with Crippen LogP contribution in [0.3, 0.4) is 0 Å². The lowest BCUT2D eigenvalue weighted by molar-refractivity contribution is -0.0258. The number of ether oxygens (including phenoxy) is 1. The van der Waals surface area contributed by atoms with E-state index in [-0.39, 0.29) is 0 Å². The van der Waals surface area contributed by atoms with Crippen LogP contribution in [0.1, 0.15) is 38.2 Å². The van der Waals surface area contributed by atoms with Crippen LogP contribution in [0.15, 0.2) is 28.2 Å². The van der Waals surface area contributed by atoms with E-state index in [0.29, 0.717) is 37.6 Å². The summed E-state index contributed by atoms with van der Waals surface area (Å²) in [6.45, 7) is 9.02. The van der Waals surface area contributed by atoms with Crippen molar-refractivity contribution in [2.75, 3.05) is 26.8 Å². The Morgan fingerprint density at radius 3 is 2.83 bits per heavy atom. The van der Waals surface area contributed by atoms with Crippen molar-refractivity contribution < 1.29 is 14.3 Å². The highest BCUT2D eigenvalue weighted by molar-refractivity contribution is 5.23. The third kappa shape index (κ3) is 3.76. The lowest BCUT2D eigenvalue weighted by Gasteiger charge is -2.56. The van der Waals surface area contributed by atoms with Crippen LogP contribution in [0, 0.1) is 24.2 Å². The van der Waals surface area contributed by atoms with Gasteiger partial charge < -0.3 is 14.3 Å². The van der Waals surface area contributed by atoms with Crippen molar-refractivity contribution in [2.24, 2.45) is 17.3 Å². The number of aryl methyl sites for hydroxylation is 1. The molecule has 0 saturated heterocycles. The van der Waals surface area contributed by atoms with Gasteiger partial charge in [-0.05, 0) is 61.8 Å². The van der Waals surface area contributed by atoms with Crippen LogP contribution in [0.5, 0.6) is 0 Å². The Balaban J connectivity index is 1.37. The first-order valence-corrected chi connectivity index (χ1v) is 9.05. The quantitative estimate of drug-likeness (QED) is 0.741. The molecule has 1 saturated carbocycles. The van der Waals surface area contributed by atoms with Gasteiger partial charge in [-0.15, -0.1) is 0 Å². The smallest absolute Gasteiger partial charge is 0.118 e. The molecule has 3 atom stereocenters. The molecule has 1 aromatic rings. The second kappa shape index (κ2) is 7.03. The molecule has 0 unspecified atom stereocenters. The normalized spacial score (nSPS) is 26.2. The van der Waals surface area contributed by atoms with Crippen LogP contribution in [0.25, 0.3) is 0 Å². The largest absolute Gasteiger partial charge is 0.465 e. The van der Waals surface area contributed by atoms with Gasteiger partial charge in [0, 0.05) is 6.54 Å². The van der Waals surface area contributed by atoms with Gasteiger partial charge in [0.2, 0.25) is 0 Å². The fraction of sp³-hybridized carbons (Fsp3) is 0.700. The van der Waals surface area contributed by atoms with E-state index in [0.717, 1.165) is 17.4 Å². The molecular weight excluding hydrogens is 302 g/mol. The predicted octanol–water partition coefficient (Wildman–Crippen LogP) is 3.39. The summed E-state index contributed by atoms with van der Waals surface area (Å²) in [5.74, 6) is 3.38. The molecule has 0 radical (unpaired) electrons. The van der Waals surface area contributed by atoms with Gasteiger partial charge in [-0.3, -0.25) is 4.90 Å². The van der Waals surface area contributed by atoms with Crippen LogP contribution in [-0.4, -0.2) is 42.9 Å². The molecule has 4 nitrogen and oxygen atoms in total. The molecule has 0 aliphatic heterocycles. The van der Waals surface area contributed by atoms with Crippen molar-refractivity contribution in [2.45, 2.75) is 46.3 Å². The SMILES string of the molecule is Cc1ccc(CN(C)C[C@@H](O)COCC2=CC[C@H]3C[C@H]2C3(C)C)o1. The number of hydrogen-bond acceptors (Lipinski definition) is 4. The fourth-order valence-corrected chi connectivity index (χ4v) is 4.27. The molecule has 1 heterocycles. The molecule has 24 heavy (non-hydrogen) atoms. The van der Waals surface area contributed by atoms with Crippen LogP contribution >= 0.6 is 0 Å². The molecule has 1 N–H and O–H groups in total. The highest BCUT2D eigenvalue weighted by Gasteiger charge is 2.50. The molecule has 134 valence electrons. The molecule has 0 amide bonds. The molecule has 3 aliphatic rings. The van der Waals surface area contributed by atoms with E-state index < -0.39 is 6.10 Å². The minimum atomic E-state index is -0.475. The Bertz CT molecular complexity index is 589. The Labute approximate surface area is 145 Å². The molecular formula is C20H31NO3. The maximum atomic E-state index is 10.2. The minimum absolute atomic E-state index is 0.384. The summed E-state index contributed by atoms with van der Waals surface area (Å²) in [7, 11) is 1.99. The first kappa shape index (κ1) is 17.7. The van der Waals surface area contributed by atoms with E-state index in [1.54, 1.807) is 0 Å². The van der Waals surface area contributed by atoms with Crippen molar-refractivity contribution in [1.82, 2.24) is 4.90 Å². The topological polar surface area (TPSA) is 45.8 Å². The number of rotatable bonds is 8.